The van der Waals surface area contributed by atoms with E-state index in [2.05, 4.69) is 93.7 Å². The Morgan fingerprint density at radius 2 is 0.721 bits per heavy atom. The zero-order chi connectivity index (χ0) is 44.4. The molecule has 0 aromatic heterocycles. The molecule has 0 aromatic rings. The van der Waals surface area contributed by atoms with Crippen molar-refractivity contribution in [2.75, 3.05) is 13.2 Å². The first-order chi connectivity index (χ1) is 30.0. The molecule has 6 heteroatoms. The summed E-state index contributed by atoms with van der Waals surface area (Å²) in [7, 11) is 0. The third-order valence-corrected chi connectivity index (χ3v) is 10.8. The Balaban J connectivity index is 4.43. The molecule has 0 aliphatic rings. The maximum Gasteiger partial charge on any atom is 0.306 e. The van der Waals surface area contributed by atoms with Gasteiger partial charge in [0.05, 0.1) is 0 Å². The zero-order valence-electron chi connectivity index (χ0n) is 39.9. The SMILES string of the molecule is CC/C=C\C/C=C\C/C=C\CCCC(=O)OCC(COC(=O)CCCCCCC\C=C/C=C\C=C/CCCCCCC)OC(=O)CCCCCCCCCCCCCCCC. The fraction of sp³-hybridized carbons (Fsp3) is 0.727. The first kappa shape index (κ1) is 57.9. The second-order valence-corrected chi connectivity index (χ2v) is 16.8. The van der Waals surface area contributed by atoms with Gasteiger partial charge in [-0.15, -0.1) is 0 Å². The molecule has 0 N–H and O–H groups in total. The fourth-order valence-corrected chi connectivity index (χ4v) is 6.94. The van der Waals surface area contributed by atoms with E-state index >= 15 is 0 Å². The van der Waals surface area contributed by atoms with E-state index < -0.39 is 6.10 Å². The standard InChI is InChI=1S/C55H94O6/c1-4-7-10-13-16-19-22-24-26-27-28-29-31-33-36-39-42-45-48-54(57)60-51-52(50-59-53(56)47-44-41-38-35-32-21-18-15-12-9-6-3)61-55(58)49-46-43-40-37-34-30-25-23-20-17-14-11-8-5-2/h9,12,18,21-22,24,26-29,35,38,52H,4-8,10-11,13-17,19-20,23,25,30-34,36-37,39-51H2,1-3H3/b12-9-,21-18-,24-22-,27-26-,29-28-,38-35-. The van der Waals surface area contributed by atoms with Gasteiger partial charge in [0.2, 0.25) is 0 Å². The number of hydrogen-bond donors (Lipinski definition) is 0. The highest BCUT2D eigenvalue weighted by atomic mass is 16.6. The zero-order valence-corrected chi connectivity index (χ0v) is 39.9. The number of rotatable bonds is 45. The molecule has 0 heterocycles. The lowest BCUT2D eigenvalue weighted by Crippen LogP contribution is -2.30. The quantitative estimate of drug-likeness (QED) is 0.0200. The van der Waals surface area contributed by atoms with Crippen molar-refractivity contribution in [1.82, 2.24) is 0 Å². The molecule has 0 aliphatic heterocycles. The van der Waals surface area contributed by atoms with Gasteiger partial charge in [-0.1, -0.05) is 222 Å². The Labute approximate surface area is 376 Å². The molecule has 0 fully saturated rings. The molecule has 0 aromatic carbocycles. The van der Waals surface area contributed by atoms with E-state index in [0.717, 1.165) is 89.9 Å². The first-order valence-electron chi connectivity index (χ1n) is 25.5. The van der Waals surface area contributed by atoms with E-state index in [0.29, 0.717) is 19.3 Å². The smallest absolute Gasteiger partial charge is 0.306 e. The lowest BCUT2D eigenvalue weighted by molar-refractivity contribution is -0.167. The predicted molar refractivity (Wildman–Crippen MR) is 261 cm³/mol. The number of ether oxygens (including phenoxy) is 3. The second kappa shape index (κ2) is 49.5. The Bertz CT molecular complexity index is 1160. The maximum absolute atomic E-state index is 12.8. The Hall–Kier alpha value is -3.15. The lowest BCUT2D eigenvalue weighted by Gasteiger charge is -2.18. The topological polar surface area (TPSA) is 78.9 Å². The Kier molecular flexibility index (Phi) is 46.9. The van der Waals surface area contributed by atoms with Crippen LogP contribution in [0.3, 0.4) is 0 Å². The predicted octanol–water partition coefficient (Wildman–Crippen LogP) is 16.6. The summed E-state index contributed by atoms with van der Waals surface area (Å²) < 4.78 is 16.7. The van der Waals surface area contributed by atoms with Crippen LogP contribution in [0, 0.1) is 0 Å². The van der Waals surface area contributed by atoms with Crippen molar-refractivity contribution in [2.24, 2.45) is 0 Å². The van der Waals surface area contributed by atoms with Crippen LogP contribution in [0.1, 0.15) is 239 Å². The minimum Gasteiger partial charge on any atom is -0.462 e. The second-order valence-electron chi connectivity index (χ2n) is 16.8. The molecule has 0 spiro atoms. The molecule has 0 bridgehead atoms. The number of carbonyl (C=O) groups excluding carboxylic acids is 3. The number of allylic oxidation sites excluding steroid dienone is 12. The van der Waals surface area contributed by atoms with Crippen molar-refractivity contribution in [3.8, 4) is 0 Å². The van der Waals surface area contributed by atoms with Crippen LogP contribution in [0.5, 0.6) is 0 Å². The molecule has 0 aliphatic carbocycles. The van der Waals surface area contributed by atoms with Crippen LogP contribution < -0.4 is 0 Å². The molecule has 0 rings (SSSR count). The van der Waals surface area contributed by atoms with E-state index in [4.69, 9.17) is 14.2 Å². The van der Waals surface area contributed by atoms with Crippen molar-refractivity contribution in [2.45, 2.75) is 245 Å². The molecular weight excluding hydrogens is 757 g/mol. The highest BCUT2D eigenvalue weighted by Crippen LogP contribution is 2.15. The van der Waals surface area contributed by atoms with Gasteiger partial charge in [0.15, 0.2) is 6.10 Å². The van der Waals surface area contributed by atoms with Gasteiger partial charge in [-0.05, 0) is 70.6 Å². The van der Waals surface area contributed by atoms with Crippen LogP contribution >= 0.6 is 0 Å². The number of hydrogen-bond acceptors (Lipinski definition) is 6. The van der Waals surface area contributed by atoms with Crippen molar-refractivity contribution in [3.63, 3.8) is 0 Å². The molecule has 61 heavy (non-hydrogen) atoms. The summed E-state index contributed by atoms with van der Waals surface area (Å²) in [6, 6.07) is 0. The largest absolute Gasteiger partial charge is 0.462 e. The summed E-state index contributed by atoms with van der Waals surface area (Å²) in [5, 5.41) is 0. The Morgan fingerprint density at radius 3 is 1.18 bits per heavy atom. The van der Waals surface area contributed by atoms with Gasteiger partial charge >= 0.3 is 17.9 Å². The molecule has 1 unspecified atom stereocenters. The summed E-state index contributed by atoms with van der Waals surface area (Å²) in [4.78, 5) is 37.9. The molecule has 0 amide bonds. The van der Waals surface area contributed by atoms with E-state index in [9.17, 15) is 14.4 Å². The first-order valence-corrected chi connectivity index (χ1v) is 25.5. The van der Waals surface area contributed by atoms with Crippen molar-refractivity contribution in [1.29, 1.82) is 0 Å². The monoisotopic (exact) mass is 851 g/mol. The summed E-state index contributed by atoms with van der Waals surface area (Å²) in [6.45, 7) is 6.44. The van der Waals surface area contributed by atoms with Crippen LogP contribution in [0.25, 0.3) is 0 Å². The van der Waals surface area contributed by atoms with Crippen molar-refractivity contribution < 1.29 is 28.6 Å². The lowest BCUT2D eigenvalue weighted by atomic mass is 10.0. The molecule has 0 radical (unpaired) electrons. The van der Waals surface area contributed by atoms with Gasteiger partial charge < -0.3 is 14.2 Å². The number of unbranched alkanes of at least 4 members (excludes halogenated alkanes) is 24. The molecule has 0 saturated heterocycles. The van der Waals surface area contributed by atoms with Crippen molar-refractivity contribution >= 4 is 17.9 Å². The van der Waals surface area contributed by atoms with Crippen LogP contribution in [-0.2, 0) is 28.6 Å². The highest BCUT2D eigenvalue weighted by molar-refractivity contribution is 5.71. The summed E-state index contributed by atoms with van der Waals surface area (Å²) >= 11 is 0. The van der Waals surface area contributed by atoms with Gasteiger partial charge in [-0.3, -0.25) is 14.4 Å². The third-order valence-electron chi connectivity index (χ3n) is 10.8. The van der Waals surface area contributed by atoms with E-state index in [1.54, 1.807) is 0 Å². The van der Waals surface area contributed by atoms with E-state index in [1.165, 1.54) is 103 Å². The molecule has 6 nitrogen and oxygen atoms in total. The number of carbonyl (C=O) groups is 3. The van der Waals surface area contributed by atoms with E-state index in [1.807, 2.05) is 0 Å². The van der Waals surface area contributed by atoms with Gasteiger partial charge in [0.1, 0.15) is 13.2 Å². The fourth-order valence-electron chi connectivity index (χ4n) is 6.94. The summed E-state index contributed by atoms with van der Waals surface area (Å²) in [6.07, 6.45) is 61.8. The van der Waals surface area contributed by atoms with Crippen LogP contribution in [-0.4, -0.2) is 37.2 Å². The van der Waals surface area contributed by atoms with Crippen LogP contribution in [0.2, 0.25) is 0 Å². The van der Waals surface area contributed by atoms with Gasteiger partial charge in [0, 0.05) is 19.3 Å². The highest BCUT2D eigenvalue weighted by Gasteiger charge is 2.19. The average Bonchev–Trinajstić information content (AvgIpc) is 3.26. The summed E-state index contributed by atoms with van der Waals surface area (Å²) in [5.74, 6) is -0.972. The van der Waals surface area contributed by atoms with Gasteiger partial charge in [0.25, 0.3) is 0 Å². The normalized spacial score (nSPS) is 12.6. The number of esters is 3. The Morgan fingerprint density at radius 1 is 0.361 bits per heavy atom. The minimum atomic E-state index is -0.801. The van der Waals surface area contributed by atoms with E-state index in [-0.39, 0.29) is 37.5 Å². The van der Waals surface area contributed by atoms with Gasteiger partial charge in [-0.25, -0.2) is 0 Å². The van der Waals surface area contributed by atoms with Gasteiger partial charge in [-0.2, -0.15) is 0 Å². The molecular formula is C55H94O6. The maximum atomic E-state index is 12.8. The van der Waals surface area contributed by atoms with Crippen molar-refractivity contribution in [3.05, 3.63) is 72.9 Å². The molecule has 1 atom stereocenters. The molecule has 0 saturated carbocycles. The average molecular weight is 851 g/mol. The summed E-state index contributed by atoms with van der Waals surface area (Å²) in [5.41, 5.74) is 0. The van der Waals surface area contributed by atoms with Crippen LogP contribution in [0.15, 0.2) is 72.9 Å². The minimum absolute atomic E-state index is 0.100. The molecule has 350 valence electrons. The van der Waals surface area contributed by atoms with Crippen LogP contribution in [0.4, 0.5) is 0 Å². The third kappa shape index (κ3) is 47.7.